The van der Waals surface area contributed by atoms with Gasteiger partial charge in [0, 0.05) is 20.6 Å². The highest BCUT2D eigenvalue weighted by Crippen LogP contribution is 2.50. The first kappa shape index (κ1) is 20.1. The van der Waals surface area contributed by atoms with Crippen molar-refractivity contribution in [3.63, 3.8) is 0 Å². The Morgan fingerprint density at radius 3 is 2.43 bits per heavy atom. The fraction of sp³-hybridized carbons (Fsp3) is 0.250. The minimum absolute atomic E-state index is 0.0806. The number of nitrogens with zero attached hydrogens (tertiary/aromatic N) is 2. The zero-order chi connectivity index (χ0) is 21.4. The van der Waals surface area contributed by atoms with Gasteiger partial charge in [0.1, 0.15) is 5.60 Å². The molecule has 1 aliphatic carbocycles. The summed E-state index contributed by atoms with van der Waals surface area (Å²) < 4.78 is 6.11. The number of hydrogen-bond acceptors (Lipinski definition) is 5. The third-order valence-corrected chi connectivity index (χ3v) is 6.03. The Morgan fingerprint density at radius 1 is 1.17 bits per heavy atom. The molecule has 1 aliphatic heterocycles. The lowest BCUT2D eigenvalue weighted by Gasteiger charge is -2.44. The topological polar surface area (TPSA) is 88.2 Å². The Morgan fingerprint density at radius 2 is 1.87 bits per heavy atom. The molecular weight excluding hydrogens is 378 g/mol. The molecule has 0 radical (unpaired) electrons. The Balaban J connectivity index is 1.89. The summed E-state index contributed by atoms with van der Waals surface area (Å²) >= 11 is 0. The van der Waals surface area contributed by atoms with E-state index in [9.17, 15) is 9.90 Å². The maximum atomic E-state index is 13.6. The summed E-state index contributed by atoms with van der Waals surface area (Å²) in [5, 5.41) is 9.43. The average Bonchev–Trinajstić information content (AvgIpc) is 3.04. The van der Waals surface area contributed by atoms with Crippen LogP contribution >= 0.6 is 0 Å². The van der Waals surface area contributed by atoms with E-state index in [1.54, 1.807) is 26.3 Å². The summed E-state index contributed by atoms with van der Waals surface area (Å²) in [4.78, 5) is 19.7. The number of benzene rings is 2. The summed E-state index contributed by atoms with van der Waals surface area (Å²) in [5.74, 6) is -0.107. The average molecular weight is 403 g/mol. The first-order chi connectivity index (χ1) is 14.5. The third kappa shape index (κ3) is 2.88. The van der Waals surface area contributed by atoms with Crippen LogP contribution in [0.5, 0.6) is 0 Å². The van der Waals surface area contributed by atoms with E-state index in [2.05, 4.69) is 0 Å². The number of carbonyl (C=O) groups excluding carboxylic acids is 1. The molecule has 1 heterocycles. The Labute approximate surface area is 176 Å². The molecule has 0 aromatic heterocycles. The predicted octanol–water partition coefficient (Wildman–Crippen LogP) is 2.59. The van der Waals surface area contributed by atoms with E-state index in [-0.39, 0.29) is 18.5 Å². The number of amides is 1. The lowest BCUT2D eigenvalue weighted by molar-refractivity contribution is -0.140. The fourth-order valence-electron chi connectivity index (χ4n) is 4.31. The van der Waals surface area contributed by atoms with Gasteiger partial charge in [-0.2, -0.15) is 0 Å². The van der Waals surface area contributed by atoms with Crippen molar-refractivity contribution in [2.45, 2.75) is 24.2 Å². The number of allylic oxidation sites excluding steroid dienone is 2. The summed E-state index contributed by atoms with van der Waals surface area (Å²) in [6.07, 6.45) is 6.29. The molecular formula is C24H25N3O3. The fourth-order valence-corrected chi connectivity index (χ4v) is 4.31. The number of methoxy groups -OCH3 is 1. The summed E-state index contributed by atoms with van der Waals surface area (Å²) in [7, 11) is 3.22. The van der Waals surface area contributed by atoms with Crippen molar-refractivity contribution in [2.75, 3.05) is 14.2 Å². The van der Waals surface area contributed by atoms with Gasteiger partial charge in [-0.15, -0.1) is 0 Å². The highest BCUT2D eigenvalue weighted by atomic mass is 16.5. The molecule has 154 valence electrons. The number of rotatable bonds is 5. The highest BCUT2D eigenvalue weighted by Gasteiger charge is 2.62. The van der Waals surface area contributed by atoms with E-state index in [0.717, 1.165) is 16.7 Å². The molecule has 0 saturated heterocycles. The molecule has 2 unspecified atom stereocenters. The first-order valence-corrected chi connectivity index (χ1v) is 9.80. The molecule has 0 saturated carbocycles. The minimum Gasteiger partial charge on any atom is -0.392 e. The first-order valence-electron chi connectivity index (χ1n) is 9.80. The van der Waals surface area contributed by atoms with Gasteiger partial charge in [0.25, 0.3) is 5.91 Å². The maximum Gasteiger partial charge on any atom is 0.265 e. The van der Waals surface area contributed by atoms with Crippen LogP contribution < -0.4 is 5.73 Å². The molecule has 3 N–H and O–H groups in total. The molecule has 0 fully saturated rings. The molecule has 2 aliphatic rings. The van der Waals surface area contributed by atoms with E-state index in [4.69, 9.17) is 15.5 Å². The largest absolute Gasteiger partial charge is 0.392 e. The second-order valence-corrected chi connectivity index (χ2v) is 7.59. The second-order valence-electron chi connectivity index (χ2n) is 7.59. The maximum absolute atomic E-state index is 13.6. The van der Waals surface area contributed by atoms with Crippen molar-refractivity contribution in [3.8, 4) is 0 Å². The Bertz CT molecular complexity index is 1040. The number of nitrogens with two attached hydrogens (primary N) is 1. The lowest BCUT2D eigenvalue weighted by Crippen LogP contribution is -2.57. The molecule has 2 aromatic rings. The van der Waals surface area contributed by atoms with Gasteiger partial charge in [-0.05, 0) is 28.3 Å². The minimum atomic E-state index is -1.38. The van der Waals surface area contributed by atoms with Crippen molar-refractivity contribution in [1.29, 1.82) is 0 Å². The standard InChI is InChI=1S/C24H25N3O3/c1-27-21(29)24(26-22(27)25,20-12-10-17(16-28)11-13-20)23(30-2)14-6-9-19(15-23)18-7-4-3-5-8-18/h3-14,28H,15-16H2,1-2H3,(H2,25,26). The number of aliphatic hydroxyl groups excluding tert-OH is 1. The summed E-state index contributed by atoms with van der Waals surface area (Å²) in [6.45, 7) is -0.0806. The van der Waals surface area contributed by atoms with E-state index >= 15 is 0 Å². The van der Waals surface area contributed by atoms with Crippen LogP contribution in [0.25, 0.3) is 5.57 Å². The molecule has 2 atom stereocenters. The third-order valence-electron chi connectivity index (χ3n) is 6.03. The molecule has 4 rings (SSSR count). The molecule has 2 aromatic carbocycles. The van der Waals surface area contributed by atoms with Crippen molar-refractivity contribution in [2.24, 2.45) is 10.7 Å². The van der Waals surface area contributed by atoms with Gasteiger partial charge in [-0.1, -0.05) is 66.7 Å². The SMILES string of the molecule is COC1(C2(c3ccc(CO)cc3)N=C(N)N(C)C2=O)C=CC=C(c2ccccc2)C1. The molecule has 6 heteroatoms. The van der Waals surface area contributed by atoms with Crippen molar-refractivity contribution in [3.05, 3.63) is 89.5 Å². The van der Waals surface area contributed by atoms with Crippen molar-refractivity contribution in [1.82, 2.24) is 4.90 Å². The lowest BCUT2D eigenvalue weighted by atomic mass is 9.68. The molecule has 0 bridgehead atoms. The van der Waals surface area contributed by atoms with Gasteiger partial charge in [0.2, 0.25) is 5.54 Å². The smallest absolute Gasteiger partial charge is 0.265 e. The number of hydrogen-bond donors (Lipinski definition) is 2. The van der Waals surface area contributed by atoms with Crippen LogP contribution in [0.4, 0.5) is 0 Å². The van der Waals surface area contributed by atoms with Gasteiger partial charge in [-0.25, -0.2) is 4.99 Å². The van der Waals surface area contributed by atoms with Gasteiger partial charge >= 0.3 is 0 Å². The number of carbonyl (C=O) groups is 1. The van der Waals surface area contributed by atoms with Crippen LogP contribution in [0.2, 0.25) is 0 Å². The number of ether oxygens (including phenoxy) is 1. The summed E-state index contributed by atoms with van der Waals surface area (Å²) in [6, 6.07) is 17.2. The van der Waals surface area contributed by atoms with Crippen LogP contribution in [0, 0.1) is 0 Å². The number of likely N-dealkylation sites (N-methyl/N-ethyl adjacent to an activating group) is 1. The zero-order valence-corrected chi connectivity index (χ0v) is 17.1. The molecule has 6 nitrogen and oxygen atoms in total. The molecule has 30 heavy (non-hydrogen) atoms. The van der Waals surface area contributed by atoms with Gasteiger partial charge in [0.05, 0.1) is 6.61 Å². The van der Waals surface area contributed by atoms with Gasteiger partial charge in [0.15, 0.2) is 5.96 Å². The highest BCUT2D eigenvalue weighted by molar-refractivity contribution is 6.08. The van der Waals surface area contributed by atoms with Crippen LogP contribution in [0.15, 0.2) is 77.8 Å². The van der Waals surface area contributed by atoms with E-state index in [1.165, 1.54) is 4.90 Å². The number of aliphatic hydroxyl groups is 1. The quantitative estimate of drug-likeness (QED) is 0.803. The predicted molar refractivity (Wildman–Crippen MR) is 116 cm³/mol. The normalized spacial score (nSPS) is 26.0. The van der Waals surface area contributed by atoms with Crippen LogP contribution in [0.3, 0.4) is 0 Å². The van der Waals surface area contributed by atoms with E-state index in [0.29, 0.717) is 12.0 Å². The second kappa shape index (κ2) is 7.55. The number of aliphatic imine (C=N–C) groups is 1. The zero-order valence-electron chi connectivity index (χ0n) is 17.1. The summed E-state index contributed by atoms with van der Waals surface area (Å²) in [5.41, 5.74) is 7.20. The van der Waals surface area contributed by atoms with Gasteiger partial charge < -0.3 is 15.6 Å². The Kier molecular flexibility index (Phi) is 5.05. The van der Waals surface area contributed by atoms with E-state index in [1.807, 2.05) is 60.7 Å². The van der Waals surface area contributed by atoms with Crippen LogP contribution in [-0.2, 0) is 21.7 Å². The molecule has 1 amide bonds. The van der Waals surface area contributed by atoms with Crippen molar-refractivity contribution < 1.29 is 14.6 Å². The number of guanidine groups is 1. The monoisotopic (exact) mass is 403 g/mol. The molecule has 0 spiro atoms. The van der Waals surface area contributed by atoms with Gasteiger partial charge in [-0.3, -0.25) is 9.69 Å². The van der Waals surface area contributed by atoms with Crippen LogP contribution in [-0.4, -0.2) is 41.6 Å². The van der Waals surface area contributed by atoms with Crippen molar-refractivity contribution >= 4 is 17.4 Å². The Hall–Kier alpha value is -3.22. The van der Waals surface area contributed by atoms with Crippen LogP contribution in [0.1, 0.15) is 23.1 Å². The van der Waals surface area contributed by atoms with E-state index < -0.39 is 11.1 Å².